The average Bonchev–Trinajstić information content (AvgIpc) is 2.31. The van der Waals surface area contributed by atoms with Crippen molar-refractivity contribution in [1.82, 2.24) is 0 Å². The molecule has 1 rings (SSSR count). The number of benzene rings is 1. The van der Waals surface area contributed by atoms with Crippen molar-refractivity contribution in [3.63, 3.8) is 0 Å². The molecule has 0 aliphatic carbocycles. The van der Waals surface area contributed by atoms with Gasteiger partial charge in [-0.2, -0.15) is 0 Å². The summed E-state index contributed by atoms with van der Waals surface area (Å²) in [5.41, 5.74) is 0.266. The molecule has 9 heteroatoms. The molecule has 0 aliphatic rings. The number of aliphatic hydroxyl groups excluding tert-OH is 1. The fourth-order valence-corrected chi connectivity index (χ4v) is 5.31. The van der Waals surface area contributed by atoms with Crippen LogP contribution in [0.15, 0.2) is 24.3 Å². The fraction of sp³-hybridized carbons (Fsp3) is 0.100. The molecule has 0 aliphatic heterocycles. The Morgan fingerprint density at radius 2 is 1.68 bits per heavy atom. The fourth-order valence-electron chi connectivity index (χ4n) is 1.14. The van der Waals surface area contributed by atoms with Crippen molar-refractivity contribution in [1.29, 1.82) is 0 Å². The van der Waals surface area contributed by atoms with Gasteiger partial charge in [-0.25, -0.2) is 0 Å². The first kappa shape index (κ1) is 18.4. The van der Waals surface area contributed by atoms with Gasteiger partial charge in [0.05, 0.1) is 0 Å². The second-order valence-electron chi connectivity index (χ2n) is 3.10. The minimum absolute atomic E-state index is 0.0674. The van der Waals surface area contributed by atoms with Gasteiger partial charge in [-0.15, -0.1) is 0 Å². The van der Waals surface area contributed by atoms with Crippen LogP contribution in [0.2, 0.25) is 0 Å². The molecule has 0 fully saturated rings. The topological polar surface area (TPSA) is 98.0 Å². The molecule has 106 valence electrons. The van der Waals surface area contributed by atoms with E-state index in [0.29, 0.717) is 0 Å². The monoisotopic (exact) mass is 390 g/mol. The van der Waals surface area contributed by atoms with Gasteiger partial charge in [-0.1, -0.05) is 0 Å². The van der Waals surface area contributed by atoms with Gasteiger partial charge in [0, 0.05) is 7.11 Å². The summed E-state index contributed by atoms with van der Waals surface area (Å²) >= 11 is 0. The Bertz CT molecular complexity index is 485. The number of aromatic hydroxyl groups is 2. The first-order chi connectivity index (χ1) is 8.71. The van der Waals surface area contributed by atoms with E-state index in [9.17, 15) is 9.90 Å². The molecule has 0 spiro atoms. The molecule has 0 aromatic heterocycles. The summed E-state index contributed by atoms with van der Waals surface area (Å²) in [6, 6.07) is 3.72. The summed E-state index contributed by atoms with van der Waals surface area (Å²) in [5, 5.41) is 34.2. The predicted octanol–water partition coefficient (Wildman–Crippen LogP) is 2.37. The molecule has 0 bridgehead atoms. The quantitative estimate of drug-likeness (QED) is 0.361. The maximum atomic E-state index is 10.6. The van der Waals surface area contributed by atoms with Gasteiger partial charge in [0.1, 0.15) is 0 Å². The SMILES string of the molecule is CO.O=C(O)C=[C](c1ccc(O)c(O)c1)[Ge]([Cl])([Cl])[Cl]. The third-order valence-electron chi connectivity index (χ3n) is 1.86. The van der Waals surface area contributed by atoms with E-state index in [4.69, 9.17) is 45.3 Å². The standard InChI is InChI=1S/C9H7Cl3GeO4.CH4O/c10-13(11,12)6(4-9(16)17)5-1-2-7(14)8(15)3-5;1-2/h1-4,14-15H,(H,16,17);2H,1H3. The Kier molecular flexibility index (Phi) is 7.62. The van der Waals surface area contributed by atoms with Crippen molar-refractivity contribution >= 4 is 50.9 Å². The Balaban J connectivity index is 0.00000154. The molecule has 0 atom stereocenters. The molecule has 4 N–H and O–H groups in total. The summed E-state index contributed by atoms with van der Waals surface area (Å²) in [4.78, 5) is 10.6. The van der Waals surface area contributed by atoms with Gasteiger partial charge >= 0.3 is 112 Å². The molecule has 19 heavy (non-hydrogen) atoms. The van der Waals surface area contributed by atoms with E-state index >= 15 is 0 Å². The summed E-state index contributed by atoms with van der Waals surface area (Å²) in [6.45, 7) is 0. The minimum atomic E-state index is -3.94. The second-order valence-corrected chi connectivity index (χ2v) is 18.2. The number of halogens is 3. The van der Waals surface area contributed by atoms with E-state index in [1.54, 1.807) is 0 Å². The molecule has 0 amide bonds. The molecule has 1 aromatic rings. The van der Waals surface area contributed by atoms with Crippen LogP contribution in [0, 0.1) is 0 Å². The van der Waals surface area contributed by atoms with Crippen LogP contribution in [0.1, 0.15) is 5.56 Å². The Hall–Kier alpha value is -0.597. The van der Waals surface area contributed by atoms with E-state index < -0.39 is 22.2 Å². The van der Waals surface area contributed by atoms with E-state index in [1.165, 1.54) is 12.1 Å². The Labute approximate surface area is 124 Å². The summed E-state index contributed by atoms with van der Waals surface area (Å²) in [5.74, 6) is -1.99. The molecule has 0 radical (unpaired) electrons. The molecule has 0 unspecified atom stereocenters. The van der Waals surface area contributed by atoms with Crippen LogP contribution in [0.4, 0.5) is 0 Å². The van der Waals surface area contributed by atoms with Crippen molar-refractivity contribution in [3.05, 3.63) is 29.8 Å². The summed E-state index contributed by atoms with van der Waals surface area (Å²) < 4.78 is 0.0674. The van der Waals surface area contributed by atoms with E-state index in [1.807, 2.05) is 0 Å². The van der Waals surface area contributed by atoms with E-state index in [-0.39, 0.29) is 15.7 Å². The zero-order valence-electron chi connectivity index (χ0n) is 9.64. The Morgan fingerprint density at radius 1 is 1.16 bits per heavy atom. The van der Waals surface area contributed by atoms with Crippen molar-refractivity contribution in [3.8, 4) is 11.5 Å². The van der Waals surface area contributed by atoms with Gasteiger partial charge in [0.2, 0.25) is 0 Å². The Morgan fingerprint density at radius 3 is 2.05 bits per heavy atom. The molecule has 1 aromatic carbocycles. The maximum absolute atomic E-state index is 10.6. The van der Waals surface area contributed by atoms with Crippen LogP contribution < -0.4 is 0 Å². The van der Waals surface area contributed by atoms with E-state index in [2.05, 4.69) is 0 Å². The first-order valence-corrected chi connectivity index (χ1v) is 14.0. The molecule has 0 saturated heterocycles. The van der Waals surface area contributed by atoms with Crippen molar-refractivity contribution in [2.24, 2.45) is 0 Å². The van der Waals surface area contributed by atoms with Gasteiger partial charge in [-0.3, -0.25) is 0 Å². The zero-order chi connectivity index (χ0) is 15.2. The predicted molar refractivity (Wildman–Crippen MR) is 76.8 cm³/mol. The number of hydrogen-bond donors (Lipinski definition) is 4. The number of carbonyl (C=O) groups is 1. The molecular formula is C10H11Cl3GeO5. The molecule has 0 heterocycles. The molecular weight excluding hydrogens is 379 g/mol. The van der Waals surface area contributed by atoms with Crippen molar-refractivity contribution < 1.29 is 25.2 Å². The molecule has 0 saturated carbocycles. The van der Waals surface area contributed by atoms with Crippen LogP contribution in [0.5, 0.6) is 11.5 Å². The number of carboxylic acid groups (broad SMARTS) is 1. The number of aliphatic hydroxyl groups is 1. The number of phenolic OH excluding ortho intramolecular Hbond substituents is 2. The van der Waals surface area contributed by atoms with Crippen LogP contribution in [-0.4, -0.2) is 44.0 Å². The number of carboxylic acids is 1. The number of hydrogen-bond acceptors (Lipinski definition) is 4. The normalized spacial score (nSPS) is 11.5. The number of aliphatic carboxylic acids is 1. The summed E-state index contributed by atoms with van der Waals surface area (Å²) in [7, 11) is 14.5. The molecule has 5 nitrogen and oxygen atoms in total. The average molecular weight is 390 g/mol. The van der Waals surface area contributed by atoms with Crippen molar-refractivity contribution in [2.45, 2.75) is 0 Å². The number of phenols is 2. The third-order valence-corrected chi connectivity index (χ3v) is 7.22. The van der Waals surface area contributed by atoms with Gasteiger partial charge in [0.15, 0.2) is 0 Å². The van der Waals surface area contributed by atoms with Crippen molar-refractivity contribution in [2.75, 3.05) is 7.11 Å². The van der Waals surface area contributed by atoms with Gasteiger partial charge < -0.3 is 5.11 Å². The van der Waals surface area contributed by atoms with Gasteiger partial charge in [0.25, 0.3) is 0 Å². The zero-order valence-corrected chi connectivity index (χ0v) is 14.0. The first-order valence-electron chi connectivity index (χ1n) is 4.70. The number of rotatable bonds is 3. The van der Waals surface area contributed by atoms with Crippen LogP contribution in [0.25, 0.3) is 4.41 Å². The van der Waals surface area contributed by atoms with Gasteiger partial charge in [-0.05, 0) is 0 Å². The second kappa shape index (κ2) is 7.86. The summed E-state index contributed by atoms with van der Waals surface area (Å²) in [6.07, 6.45) is 0.804. The third kappa shape index (κ3) is 5.92. The van der Waals surface area contributed by atoms with E-state index in [0.717, 1.165) is 19.3 Å². The van der Waals surface area contributed by atoms with Crippen LogP contribution >= 0.6 is 30.0 Å². The van der Waals surface area contributed by atoms with Crippen LogP contribution in [-0.2, 0) is 4.79 Å². The van der Waals surface area contributed by atoms with Crippen LogP contribution in [0.3, 0.4) is 0 Å².